The fourth-order valence-electron chi connectivity index (χ4n) is 3.00. The van der Waals surface area contributed by atoms with Crippen LogP contribution in [0.15, 0.2) is 48.5 Å². The van der Waals surface area contributed by atoms with Gasteiger partial charge in [0, 0.05) is 11.6 Å². The molecule has 1 atom stereocenters. The lowest BCUT2D eigenvalue weighted by atomic mass is 10.0. The van der Waals surface area contributed by atoms with Crippen molar-refractivity contribution in [3.05, 3.63) is 59.1 Å². The minimum Gasteiger partial charge on any atom is -0.497 e. The van der Waals surface area contributed by atoms with Crippen molar-refractivity contribution in [1.82, 2.24) is 4.90 Å². The van der Waals surface area contributed by atoms with E-state index in [9.17, 15) is 4.79 Å². The van der Waals surface area contributed by atoms with Crippen LogP contribution in [0.1, 0.15) is 24.4 Å². The molecule has 1 aliphatic rings. The highest BCUT2D eigenvalue weighted by atomic mass is 35.5. The summed E-state index contributed by atoms with van der Waals surface area (Å²) in [6, 6.07) is 15.0. The first-order valence-electron chi connectivity index (χ1n) is 7.99. The molecule has 1 fully saturated rings. The van der Waals surface area contributed by atoms with Gasteiger partial charge in [-0.3, -0.25) is 4.79 Å². The van der Waals surface area contributed by atoms with E-state index in [2.05, 4.69) is 0 Å². The van der Waals surface area contributed by atoms with Crippen molar-refractivity contribution in [2.45, 2.75) is 18.9 Å². The Kier molecular flexibility index (Phi) is 5.26. The number of hydrogen-bond acceptors (Lipinski definition) is 3. The number of carbonyl (C=O) groups is 1. The van der Waals surface area contributed by atoms with Crippen LogP contribution in [-0.4, -0.2) is 31.1 Å². The summed E-state index contributed by atoms with van der Waals surface area (Å²) in [4.78, 5) is 14.4. The number of nitrogens with zero attached hydrogens (tertiary/aromatic N) is 1. The summed E-state index contributed by atoms with van der Waals surface area (Å²) in [5, 5.41) is 0.646. The summed E-state index contributed by atoms with van der Waals surface area (Å²) < 4.78 is 10.8. The molecule has 3 rings (SSSR count). The first-order chi connectivity index (χ1) is 11.7. The molecule has 0 aliphatic carbocycles. The third kappa shape index (κ3) is 3.82. The lowest BCUT2D eigenvalue weighted by Gasteiger charge is -2.25. The predicted molar refractivity (Wildman–Crippen MR) is 93.6 cm³/mol. The van der Waals surface area contributed by atoms with Crippen molar-refractivity contribution < 1.29 is 14.3 Å². The maximum Gasteiger partial charge on any atom is 0.261 e. The lowest BCUT2D eigenvalue weighted by Crippen LogP contribution is -2.34. The monoisotopic (exact) mass is 345 g/mol. The van der Waals surface area contributed by atoms with Gasteiger partial charge in [0.2, 0.25) is 0 Å². The quantitative estimate of drug-likeness (QED) is 0.819. The zero-order valence-corrected chi connectivity index (χ0v) is 14.3. The number of halogens is 1. The fraction of sp³-hybridized carbons (Fsp3) is 0.316. The van der Waals surface area contributed by atoms with Gasteiger partial charge in [0.25, 0.3) is 5.91 Å². The fourth-order valence-corrected chi connectivity index (χ4v) is 3.12. The molecule has 0 spiro atoms. The topological polar surface area (TPSA) is 38.8 Å². The minimum atomic E-state index is 0.00303. The van der Waals surface area contributed by atoms with Gasteiger partial charge in [-0.05, 0) is 54.8 Å². The molecule has 24 heavy (non-hydrogen) atoms. The van der Waals surface area contributed by atoms with Crippen LogP contribution in [-0.2, 0) is 4.79 Å². The van der Waals surface area contributed by atoms with E-state index in [1.54, 1.807) is 31.4 Å². The van der Waals surface area contributed by atoms with Gasteiger partial charge in [-0.2, -0.15) is 0 Å². The molecule has 1 heterocycles. The molecule has 0 radical (unpaired) electrons. The van der Waals surface area contributed by atoms with Crippen LogP contribution in [0.2, 0.25) is 5.02 Å². The highest BCUT2D eigenvalue weighted by Crippen LogP contribution is 2.32. The number of benzene rings is 2. The summed E-state index contributed by atoms with van der Waals surface area (Å²) in [5.74, 6) is 1.47. The second kappa shape index (κ2) is 7.58. The summed E-state index contributed by atoms with van der Waals surface area (Å²) >= 11 is 5.85. The molecule has 2 aromatic rings. The first-order valence-corrected chi connectivity index (χ1v) is 8.37. The third-order valence-electron chi connectivity index (χ3n) is 4.25. The van der Waals surface area contributed by atoms with Crippen LogP contribution < -0.4 is 9.47 Å². The number of methoxy groups -OCH3 is 1. The highest BCUT2D eigenvalue weighted by molar-refractivity contribution is 6.30. The first kappa shape index (κ1) is 16.7. The molecule has 1 saturated heterocycles. The van der Waals surface area contributed by atoms with E-state index < -0.39 is 0 Å². The highest BCUT2D eigenvalue weighted by Gasteiger charge is 2.30. The molecule has 0 N–H and O–H groups in total. The Morgan fingerprint density at radius 3 is 2.46 bits per heavy atom. The second-order valence-corrected chi connectivity index (χ2v) is 6.20. The Labute approximate surface area is 146 Å². The summed E-state index contributed by atoms with van der Waals surface area (Å²) in [7, 11) is 1.65. The zero-order chi connectivity index (χ0) is 16.9. The van der Waals surface area contributed by atoms with Crippen molar-refractivity contribution in [1.29, 1.82) is 0 Å². The number of ether oxygens (including phenoxy) is 2. The van der Waals surface area contributed by atoms with Crippen molar-refractivity contribution in [2.75, 3.05) is 20.3 Å². The Morgan fingerprint density at radius 2 is 1.79 bits per heavy atom. The average Bonchev–Trinajstić information content (AvgIpc) is 3.11. The number of likely N-dealkylation sites (tertiary alicyclic amines) is 1. The third-order valence-corrected chi connectivity index (χ3v) is 4.50. The molecular weight excluding hydrogens is 326 g/mol. The van der Waals surface area contributed by atoms with Crippen LogP contribution in [0.4, 0.5) is 0 Å². The van der Waals surface area contributed by atoms with Gasteiger partial charge in [-0.25, -0.2) is 0 Å². The normalized spacial score (nSPS) is 16.9. The van der Waals surface area contributed by atoms with E-state index in [0.717, 1.165) is 30.7 Å². The number of amides is 1. The molecular formula is C19H20ClNO3. The van der Waals surface area contributed by atoms with Crippen LogP contribution in [0.3, 0.4) is 0 Å². The molecule has 1 amide bonds. The minimum absolute atomic E-state index is 0.00303. The van der Waals surface area contributed by atoms with Gasteiger partial charge in [0.1, 0.15) is 11.5 Å². The second-order valence-electron chi connectivity index (χ2n) is 5.76. The molecule has 0 saturated carbocycles. The number of hydrogen-bond donors (Lipinski definition) is 0. The van der Waals surface area contributed by atoms with E-state index >= 15 is 0 Å². The van der Waals surface area contributed by atoms with Crippen LogP contribution >= 0.6 is 11.6 Å². The molecule has 126 valence electrons. The number of carbonyl (C=O) groups excluding carboxylic acids is 1. The smallest absolute Gasteiger partial charge is 0.261 e. The van der Waals surface area contributed by atoms with E-state index in [4.69, 9.17) is 21.1 Å². The Hall–Kier alpha value is -2.20. The van der Waals surface area contributed by atoms with Crippen molar-refractivity contribution >= 4 is 17.5 Å². The molecule has 0 aromatic heterocycles. The van der Waals surface area contributed by atoms with E-state index in [1.165, 1.54) is 0 Å². The Balaban J connectivity index is 1.63. The van der Waals surface area contributed by atoms with E-state index in [1.807, 2.05) is 29.2 Å². The van der Waals surface area contributed by atoms with Crippen molar-refractivity contribution in [3.8, 4) is 11.5 Å². The van der Waals surface area contributed by atoms with Gasteiger partial charge in [-0.15, -0.1) is 0 Å². The summed E-state index contributed by atoms with van der Waals surface area (Å²) in [6.07, 6.45) is 1.97. The Bertz CT molecular complexity index is 685. The van der Waals surface area contributed by atoms with Crippen LogP contribution in [0.5, 0.6) is 11.5 Å². The maximum absolute atomic E-state index is 12.5. The van der Waals surface area contributed by atoms with Gasteiger partial charge in [0.05, 0.1) is 13.2 Å². The van der Waals surface area contributed by atoms with Gasteiger partial charge >= 0.3 is 0 Å². The van der Waals surface area contributed by atoms with E-state index in [-0.39, 0.29) is 18.6 Å². The molecule has 1 unspecified atom stereocenters. The van der Waals surface area contributed by atoms with Crippen LogP contribution in [0.25, 0.3) is 0 Å². The SMILES string of the molecule is COc1ccc(C2CCCN2C(=O)COc2ccc(Cl)cc2)cc1. The summed E-state index contributed by atoms with van der Waals surface area (Å²) in [6.45, 7) is 0.799. The molecule has 2 aromatic carbocycles. The molecule has 1 aliphatic heterocycles. The zero-order valence-electron chi connectivity index (χ0n) is 13.6. The Morgan fingerprint density at radius 1 is 1.12 bits per heavy atom. The van der Waals surface area contributed by atoms with Gasteiger partial charge < -0.3 is 14.4 Å². The van der Waals surface area contributed by atoms with Crippen molar-refractivity contribution in [3.63, 3.8) is 0 Å². The standard InChI is InChI=1S/C19H20ClNO3/c1-23-16-8-4-14(5-9-16)18-3-2-12-21(18)19(22)13-24-17-10-6-15(20)7-11-17/h4-11,18H,2-3,12-13H2,1H3. The van der Waals surface area contributed by atoms with Crippen LogP contribution in [0, 0.1) is 0 Å². The predicted octanol–water partition coefficient (Wildman–Crippen LogP) is 4.09. The van der Waals surface area contributed by atoms with Gasteiger partial charge in [-0.1, -0.05) is 23.7 Å². The summed E-state index contributed by atoms with van der Waals surface area (Å²) in [5.41, 5.74) is 1.13. The lowest BCUT2D eigenvalue weighted by molar-refractivity contribution is -0.134. The largest absolute Gasteiger partial charge is 0.497 e. The number of rotatable bonds is 5. The average molecular weight is 346 g/mol. The van der Waals surface area contributed by atoms with Crippen molar-refractivity contribution in [2.24, 2.45) is 0 Å². The molecule has 4 nitrogen and oxygen atoms in total. The van der Waals surface area contributed by atoms with E-state index in [0.29, 0.717) is 10.8 Å². The van der Waals surface area contributed by atoms with Gasteiger partial charge in [0.15, 0.2) is 6.61 Å². The maximum atomic E-state index is 12.5. The molecule has 5 heteroatoms. The molecule has 0 bridgehead atoms.